The van der Waals surface area contributed by atoms with Crippen LogP contribution in [-0.2, 0) is 0 Å². The summed E-state index contributed by atoms with van der Waals surface area (Å²) < 4.78 is 0. The van der Waals surface area contributed by atoms with Gasteiger partial charge >= 0.3 is 37.7 Å². The molecule has 0 aliphatic rings. The summed E-state index contributed by atoms with van der Waals surface area (Å²) in [5.41, 5.74) is 22.0. The molecule has 8 aromatic heterocycles. The number of aromatic amines is 2. The molecule has 240 valence electrons. The molecule has 0 radical (unpaired) electrons. The fraction of sp³-hybridized carbons (Fsp3) is 0. The average Bonchev–Trinajstić information content (AvgIpc) is 3.05. The Morgan fingerprint density at radius 2 is 0.714 bits per heavy atom. The molecule has 25 heteroatoms. The van der Waals surface area contributed by atoms with Crippen LogP contribution in [0.15, 0.2) is 59.2 Å². The summed E-state index contributed by atoms with van der Waals surface area (Å²) in [5, 5.41) is 22.1. The minimum Gasteiger partial charge on any atom is -0.857 e. The van der Waals surface area contributed by atoms with E-state index in [0.29, 0.717) is 0 Å². The van der Waals surface area contributed by atoms with E-state index in [9.17, 15) is 19.8 Å². The molecule has 0 spiro atoms. The van der Waals surface area contributed by atoms with Crippen molar-refractivity contribution in [3.63, 3.8) is 0 Å². The van der Waals surface area contributed by atoms with E-state index in [0.717, 1.165) is 0 Å². The zero-order valence-electron chi connectivity index (χ0n) is 24.5. The third-order valence-corrected chi connectivity index (χ3v) is 5.36. The maximum absolute atomic E-state index is 11.1. The Labute approximate surface area is 299 Å². The van der Waals surface area contributed by atoms with E-state index in [1.54, 1.807) is 0 Å². The second kappa shape index (κ2) is 15.8. The van der Waals surface area contributed by atoms with Crippen LogP contribution < -0.4 is 44.3 Å². The second-order valence-electron chi connectivity index (χ2n) is 8.59. The number of aromatic nitrogens is 16. The summed E-state index contributed by atoms with van der Waals surface area (Å²) >= 11 is 0. The third-order valence-electron chi connectivity index (χ3n) is 5.36. The van der Waals surface area contributed by atoms with Crippen molar-refractivity contribution >= 4 is 106 Å². The molecule has 0 aliphatic carbocycles. The van der Waals surface area contributed by atoms with E-state index >= 15 is 0 Å². The van der Waals surface area contributed by atoms with E-state index in [2.05, 4.69) is 79.7 Å². The number of rotatable bonds is 0. The maximum atomic E-state index is 11.1. The number of nitrogens with one attached hydrogen (secondary N) is 2. The average molecular weight is 691 g/mol. The molecular weight excluding hydrogens is 672 g/mol. The third kappa shape index (κ3) is 8.78. The van der Waals surface area contributed by atoms with Crippen LogP contribution in [-0.4, -0.2) is 117 Å². The summed E-state index contributed by atoms with van der Waals surface area (Å²) in [6.45, 7) is 0. The monoisotopic (exact) mass is 690 g/mol. The van der Waals surface area contributed by atoms with Crippen molar-refractivity contribution in [1.29, 1.82) is 0 Å². The first-order chi connectivity index (χ1) is 23.1. The van der Waals surface area contributed by atoms with Gasteiger partial charge < -0.3 is 33.1 Å². The molecule has 0 unspecified atom stereocenters. The summed E-state index contributed by atoms with van der Waals surface area (Å²) in [6, 6.07) is 0. The van der Waals surface area contributed by atoms with Gasteiger partial charge in [0.15, 0.2) is 33.6 Å². The van der Waals surface area contributed by atoms with Crippen LogP contribution in [0.5, 0.6) is 11.8 Å². The maximum Gasteiger partial charge on any atom is 2.00 e. The van der Waals surface area contributed by atoms with Crippen molar-refractivity contribution in [2.24, 2.45) is 0 Å². The number of hydrogen-bond donors (Lipinski definition) is 6. The minimum absolute atomic E-state index is 0. The zero-order valence-corrected chi connectivity index (χ0v) is 26.7. The molecular formula is C24H18CaN20O4. The van der Waals surface area contributed by atoms with Gasteiger partial charge in [-0.2, -0.15) is 19.9 Å². The van der Waals surface area contributed by atoms with Gasteiger partial charge in [0.25, 0.3) is 11.1 Å². The first-order valence-corrected chi connectivity index (χ1v) is 12.8. The van der Waals surface area contributed by atoms with Crippen molar-refractivity contribution in [2.75, 3.05) is 22.9 Å². The fourth-order valence-corrected chi connectivity index (χ4v) is 3.49. The largest absolute Gasteiger partial charge is 2.00 e. The van der Waals surface area contributed by atoms with Crippen LogP contribution in [0.25, 0.3) is 44.7 Å². The molecule has 49 heavy (non-hydrogen) atoms. The van der Waals surface area contributed by atoms with E-state index in [-0.39, 0.29) is 117 Å². The van der Waals surface area contributed by atoms with E-state index < -0.39 is 11.8 Å². The Morgan fingerprint density at radius 3 is 1.06 bits per heavy atom. The van der Waals surface area contributed by atoms with Gasteiger partial charge in [-0.1, -0.05) is 0 Å². The van der Waals surface area contributed by atoms with Crippen molar-refractivity contribution in [2.45, 2.75) is 0 Å². The number of hydrogen-bond acceptors (Lipinski definition) is 22. The number of anilines is 4. The Morgan fingerprint density at radius 1 is 0.429 bits per heavy atom. The molecule has 0 atom stereocenters. The van der Waals surface area contributed by atoms with Gasteiger partial charge in [-0.15, -0.1) is 0 Å². The minimum atomic E-state index is -0.495. The normalized spacial score (nSPS) is 10.1. The van der Waals surface area contributed by atoms with Gasteiger partial charge in [-0.05, 0) is 0 Å². The van der Waals surface area contributed by atoms with Crippen LogP contribution in [0, 0.1) is 0 Å². The van der Waals surface area contributed by atoms with Crippen LogP contribution in [0.2, 0.25) is 0 Å². The van der Waals surface area contributed by atoms with Crippen molar-refractivity contribution < 1.29 is 10.2 Å². The fourth-order valence-electron chi connectivity index (χ4n) is 3.49. The summed E-state index contributed by atoms with van der Waals surface area (Å²) in [6.07, 6.45) is 11.4. The summed E-state index contributed by atoms with van der Waals surface area (Å²) in [7, 11) is 0. The van der Waals surface area contributed by atoms with Crippen LogP contribution in [0.3, 0.4) is 0 Å². The van der Waals surface area contributed by atoms with Crippen LogP contribution in [0.1, 0.15) is 0 Å². The quantitative estimate of drug-likeness (QED) is 0.0835. The molecule has 0 saturated carbocycles. The van der Waals surface area contributed by atoms with Gasteiger partial charge in [0.1, 0.15) is 11.0 Å². The van der Waals surface area contributed by atoms with Gasteiger partial charge in [0, 0.05) is 61.3 Å². The first-order valence-electron chi connectivity index (χ1n) is 12.8. The van der Waals surface area contributed by atoms with Crippen molar-refractivity contribution in [3.8, 4) is 11.8 Å². The Bertz CT molecular complexity index is 2340. The topological polar surface area (TPSA) is 396 Å². The van der Waals surface area contributed by atoms with Crippen LogP contribution in [0.4, 0.5) is 23.8 Å². The molecule has 0 fully saturated rings. The number of nitrogens with zero attached hydrogens (tertiary/aromatic N) is 14. The predicted molar refractivity (Wildman–Crippen MR) is 168 cm³/mol. The number of H-pyrrole nitrogens is 2. The molecule has 8 aromatic rings. The van der Waals surface area contributed by atoms with E-state index in [1.165, 1.54) is 49.6 Å². The molecule has 10 N–H and O–H groups in total. The van der Waals surface area contributed by atoms with Gasteiger partial charge in [-0.25, -0.2) is 39.9 Å². The second-order valence-corrected chi connectivity index (χ2v) is 8.59. The Hall–Kier alpha value is -6.66. The molecule has 0 saturated heterocycles. The predicted octanol–water partition coefficient (Wildman–Crippen LogP) is -3.64. The molecule has 24 nitrogen and oxygen atoms in total. The molecule has 0 amide bonds. The molecule has 8 heterocycles. The standard InChI is InChI=1S/4C6H5N5O.Ca/c4*7-6-10-4-3(5(12)11-6)8-1-2-9-4;/h4*1-2H,(H3,7,9,10,11,12);/q;;;;+2/p-2. The van der Waals surface area contributed by atoms with E-state index in [1.807, 2.05) is 0 Å². The van der Waals surface area contributed by atoms with Gasteiger partial charge in [0.2, 0.25) is 23.8 Å². The SMILES string of the molecule is Nc1nc([O-])c2nccnc2n1.Nc1nc([O-])c2nccnc2n1.Nc1nc2nccnc2c(=O)[nH]1.Nc1nc2nccnc2c(=O)[nH]1.[Ca+2]. The van der Waals surface area contributed by atoms with E-state index in [4.69, 9.17) is 22.9 Å². The molecule has 0 aromatic carbocycles. The number of fused-ring (bicyclic) bond motifs is 4. The molecule has 0 bridgehead atoms. The summed E-state index contributed by atoms with van der Waals surface area (Å²) in [4.78, 5) is 79.1. The first kappa shape index (κ1) is 35.2. The Balaban J connectivity index is 0.000000146. The number of nitrogens with two attached hydrogens (primary N) is 4. The number of nitrogen functional groups attached to an aromatic ring is 4. The smallest absolute Gasteiger partial charge is 0.857 e. The Kier molecular flexibility index (Phi) is 11.3. The van der Waals surface area contributed by atoms with Gasteiger partial charge in [-0.3, -0.25) is 29.5 Å². The zero-order chi connectivity index (χ0) is 34.2. The molecule has 8 rings (SSSR count). The van der Waals surface area contributed by atoms with Gasteiger partial charge in [0.05, 0.1) is 0 Å². The van der Waals surface area contributed by atoms with Crippen molar-refractivity contribution in [1.82, 2.24) is 79.7 Å². The molecule has 0 aliphatic heterocycles. The van der Waals surface area contributed by atoms with Crippen LogP contribution >= 0.6 is 0 Å². The summed E-state index contributed by atoms with van der Waals surface area (Å²) in [5.74, 6) is -1.04. The van der Waals surface area contributed by atoms with Crippen molar-refractivity contribution in [3.05, 3.63) is 70.3 Å².